The van der Waals surface area contributed by atoms with Crippen molar-refractivity contribution in [3.05, 3.63) is 70.8 Å². The van der Waals surface area contributed by atoms with Gasteiger partial charge in [0.25, 0.3) is 0 Å². The van der Waals surface area contributed by atoms with Crippen molar-refractivity contribution in [2.24, 2.45) is 0 Å². The highest BCUT2D eigenvalue weighted by Gasteiger charge is 2.23. The summed E-state index contributed by atoms with van der Waals surface area (Å²) >= 11 is 0. The molecule has 0 radical (unpaired) electrons. The summed E-state index contributed by atoms with van der Waals surface area (Å²) in [6.45, 7) is 6.96. The summed E-state index contributed by atoms with van der Waals surface area (Å²) in [5.41, 5.74) is 4.77. The Morgan fingerprint density at radius 2 is 2.00 bits per heavy atom. The minimum absolute atomic E-state index is 0.457. The maximum absolute atomic E-state index is 6.96. The van der Waals surface area contributed by atoms with Crippen LogP contribution in [-0.4, -0.2) is 4.98 Å². The third kappa shape index (κ3) is 1.70. The normalized spacial score (nSPS) is 17.5. The molecule has 1 aromatic carbocycles. The Bertz CT molecular complexity index is 579. The molecule has 1 aliphatic rings. The molecule has 1 heterocycles. The molecule has 17 heavy (non-hydrogen) atoms. The summed E-state index contributed by atoms with van der Waals surface area (Å²) in [5.74, 6) is 0.457. The van der Waals surface area contributed by atoms with E-state index in [1.165, 1.54) is 16.7 Å². The second-order valence-electron chi connectivity index (χ2n) is 4.37. The molecule has 1 aromatic heterocycles. The molecule has 1 aliphatic carbocycles. The first-order valence-electron chi connectivity index (χ1n) is 5.78. The molecule has 0 amide bonds. The number of aromatic nitrogens is 1. The van der Waals surface area contributed by atoms with Crippen molar-refractivity contribution in [1.82, 2.24) is 4.98 Å². The Hall–Kier alpha value is -2.14. The number of nitrogens with zero attached hydrogens (tertiary/aromatic N) is 2. The molecule has 0 saturated carbocycles. The molecule has 1 unspecified atom stereocenters. The van der Waals surface area contributed by atoms with Gasteiger partial charge in [-0.15, -0.1) is 0 Å². The van der Waals surface area contributed by atoms with Gasteiger partial charge in [-0.05, 0) is 35.6 Å². The molecule has 0 fully saturated rings. The Balaban J connectivity index is 1.99. The maximum Gasteiger partial charge on any atom is 0.187 e. The lowest BCUT2D eigenvalue weighted by Gasteiger charge is -2.11. The van der Waals surface area contributed by atoms with E-state index in [9.17, 15) is 0 Å². The van der Waals surface area contributed by atoms with E-state index >= 15 is 0 Å². The fraction of sp³-hybridized carbons (Fsp3) is 0.200. The Morgan fingerprint density at radius 3 is 2.76 bits per heavy atom. The number of hydrogen-bond acceptors (Lipinski definition) is 1. The third-order valence-corrected chi connectivity index (χ3v) is 3.45. The van der Waals surface area contributed by atoms with Gasteiger partial charge >= 0.3 is 0 Å². The van der Waals surface area contributed by atoms with Crippen molar-refractivity contribution in [3.63, 3.8) is 0 Å². The standard InChI is InChI=1S/C15H12N2/c1-16-13-5-2-11(3-6-13)14-7-4-12-8-9-17-10-15(12)14/h2-3,5-6,8-10,14H,4,7H2. The summed E-state index contributed by atoms with van der Waals surface area (Å²) in [4.78, 5) is 7.64. The zero-order valence-electron chi connectivity index (χ0n) is 9.43. The van der Waals surface area contributed by atoms with Crippen LogP contribution >= 0.6 is 0 Å². The van der Waals surface area contributed by atoms with Gasteiger partial charge in [-0.1, -0.05) is 24.3 Å². The van der Waals surface area contributed by atoms with Gasteiger partial charge in [0.2, 0.25) is 0 Å². The van der Waals surface area contributed by atoms with E-state index in [0.29, 0.717) is 11.6 Å². The smallest absolute Gasteiger partial charge is 0.187 e. The van der Waals surface area contributed by atoms with Crippen molar-refractivity contribution in [2.75, 3.05) is 0 Å². The second kappa shape index (κ2) is 4.03. The number of fused-ring (bicyclic) bond motifs is 1. The van der Waals surface area contributed by atoms with E-state index in [1.54, 1.807) is 0 Å². The number of benzene rings is 1. The van der Waals surface area contributed by atoms with Crippen molar-refractivity contribution < 1.29 is 0 Å². The van der Waals surface area contributed by atoms with Gasteiger partial charge in [0, 0.05) is 18.3 Å². The molecule has 0 aliphatic heterocycles. The average molecular weight is 220 g/mol. The van der Waals surface area contributed by atoms with Crippen LogP contribution in [0.4, 0.5) is 5.69 Å². The first kappa shape index (κ1) is 10.0. The van der Waals surface area contributed by atoms with Crippen LogP contribution in [0, 0.1) is 6.57 Å². The highest BCUT2D eigenvalue weighted by Crippen LogP contribution is 2.37. The van der Waals surface area contributed by atoms with E-state index in [-0.39, 0.29) is 0 Å². The van der Waals surface area contributed by atoms with Gasteiger partial charge in [-0.2, -0.15) is 0 Å². The molecule has 0 bridgehead atoms. The largest absolute Gasteiger partial charge is 0.264 e. The summed E-state index contributed by atoms with van der Waals surface area (Å²) in [7, 11) is 0. The summed E-state index contributed by atoms with van der Waals surface area (Å²) in [6, 6.07) is 10.1. The first-order chi connectivity index (χ1) is 8.38. The van der Waals surface area contributed by atoms with Crippen LogP contribution in [-0.2, 0) is 6.42 Å². The van der Waals surface area contributed by atoms with Crippen LogP contribution in [0.1, 0.15) is 29.0 Å². The lowest BCUT2D eigenvalue weighted by molar-refractivity contribution is 0.787. The van der Waals surface area contributed by atoms with Gasteiger partial charge in [-0.25, -0.2) is 4.85 Å². The van der Waals surface area contributed by atoms with Gasteiger partial charge < -0.3 is 0 Å². The molecule has 0 N–H and O–H groups in total. The zero-order chi connectivity index (χ0) is 11.7. The third-order valence-electron chi connectivity index (χ3n) is 3.45. The van der Waals surface area contributed by atoms with E-state index < -0.39 is 0 Å². The molecule has 1 atom stereocenters. The minimum Gasteiger partial charge on any atom is -0.264 e. The van der Waals surface area contributed by atoms with Crippen LogP contribution in [0.15, 0.2) is 42.7 Å². The molecular formula is C15H12N2. The van der Waals surface area contributed by atoms with Crippen molar-refractivity contribution >= 4 is 5.69 Å². The topological polar surface area (TPSA) is 17.2 Å². The van der Waals surface area contributed by atoms with Crippen LogP contribution in [0.5, 0.6) is 0 Å². The summed E-state index contributed by atoms with van der Waals surface area (Å²) in [6.07, 6.45) is 6.13. The molecule has 0 saturated heterocycles. The molecular weight excluding hydrogens is 208 g/mol. The van der Waals surface area contributed by atoms with Gasteiger partial charge in [-0.3, -0.25) is 4.98 Å². The van der Waals surface area contributed by atoms with E-state index in [4.69, 9.17) is 6.57 Å². The van der Waals surface area contributed by atoms with Crippen LogP contribution in [0.25, 0.3) is 4.85 Å². The quantitative estimate of drug-likeness (QED) is 0.670. The second-order valence-corrected chi connectivity index (χ2v) is 4.37. The number of hydrogen-bond donors (Lipinski definition) is 0. The van der Waals surface area contributed by atoms with Gasteiger partial charge in [0.1, 0.15) is 0 Å². The van der Waals surface area contributed by atoms with Crippen molar-refractivity contribution in [3.8, 4) is 0 Å². The molecule has 0 spiro atoms. The van der Waals surface area contributed by atoms with E-state index in [2.05, 4.69) is 28.0 Å². The predicted molar refractivity (Wildman–Crippen MR) is 67.1 cm³/mol. The molecule has 2 heteroatoms. The van der Waals surface area contributed by atoms with E-state index in [0.717, 1.165) is 12.8 Å². The van der Waals surface area contributed by atoms with Crippen molar-refractivity contribution in [2.45, 2.75) is 18.8 Å². The highest BCUT2D eigenvalue weighted by atomic mass is 14.6. The van der Waals surface area contributed by atoms with Gasteiger partial charge in [0.05, 0.1) is 6.57 Å². The SMILES string of the molecule is [C-]#[N+]c1ccc(C2CCc3ccncc32)cc1. The zero-order valence-corrected chi connectivity index (χ0v) is 9.43. The van der Waals surface area contributed by atoms with Crippen molar-refractivity contribution in [1.29, 1.82) is 0 Å². The minimum atomic E-state index is 0.457. The lowest BCUT2D eigenvalue weighted by Crippen LogP contribution is -1.95. The summed E-state index contributed by atoms with van der Waals surface area (Å²) in [5, 5.41) is 0. The lowest BCUT2D eigenvalue weighted by atomic mass is 9.94. The van der Waals surface area contributed by atoms with Crippen LogP contribution in [0.3, 0.4) is 0 Å². The van der Waals surface area contributed by atoms with Gasteiger partial charge in [0.15, 0.2) is 5.69 Å². The number of pyridine rings is 1. The predicted octanol–water partition coefficient (Wildman–Crippen LogP) is 3.71. The molecule has 3 rings (SSSR count). The molecule has 2 aromatic rings. The Morgan fingerprint density at radius 1 is 1.18 bits per heavy atom. The monoisotopic (exact) mass is 220 g/mol. The number of aryl methyl sites for hydroxylation is 1. The highest BCUT2D eigenvalue weighted by molar-refractivity contribution is 5.48. The Kier molecular flexibility index (Phi) is 2.38. The first-order valence-corrected chi connectivity index (χ1v) is 5.78. The van der Waals surface area contributed by atoms with Crippen LogP contribution in [0.2, 0.25) is 0 Å². The fourth-order valence-corrected chi connectivity index (χ4v) is 2.56. The molecule has 2 nitrogen and oxygen atoms in total. The van der Waals surface area contributed by atoms with Crippen LogP contribution < -0.4 is 0 Å². The Labute approximate surface area is 101 Å². The maximum atomic E-state index is 6.96. The number of rotatable bonds is 1. The molecule has 82 valence electrons. The average Bonchev–Trinajstić information content (AvgIpc) is 2.83. The van der Waals surface area contributed by atoms with E-state index in [1.807, 2.05) is 24.5 Å². The fourth-order valence-electron chi connectivity index (χ4n) is 2.56. The summed E-state index contributed by atoms with van der Waals surface area (Å²) < 4.78 is 0.